The fourth-order valence-corrected chi connectivity index (χ4v) is 5.01. The number of allylic oxidation sites excluding steroid dienone is 10. The van der Waals surface area contributed by atoms with Crippen LogP contribution in [0.2, 0.25) is 0 Å². The number of rotatable bonds is 2. The zero-order valence-corrected chi connectivity index (χ0v) is 24.6. The van der Waals surface area contributed by atoms with E-state index in [2.05, 4.69) is 132 Å². The third kappa shape index (κ3) is 5.53. The number of hydrogen-bond donors (Lipinski definition) is 1. The van der Waals surface area contributed by atoms with Gasteiger partial charge in [0.15, 0.2) is 5.78 Å². The normalized spacial score (nSPS) is 17.6. The van der Waals surface area contributed by atoms with Crippen LogP contribution >= 0.6 is 0 Å². The van der Waals surface area contributed by atoms with Crippen molar-refractivity contribution in [3.05, 3.63) is 82.0 Å². The second-order valence-corrected chi connectivity index (χ2v) is 14.5. The number of aromatic hydroxyl groups is 1. The molecule has 0 radical (unpaired) electrons. The molecule has 0 saturated heterocycles. The quantitative estimate of drug-likeness (QED) is 0.453. The molecule has 0 unspecified atom stereocenters. The van der Waals surface area contributed by atoms with Crippen LogP contribution in [0.3, 0.4) is 0 Å². The summed E-state index contributed by atoms with van der Waals surface area (Å²) in [5, 5.41) is 11.4. The second-order valence-electron chi connectivity index (χ2n) is 14.5. The van der Waals surface area contributed by atoms with Gasteiger partial charge in [0.25, 0.3) is 0 Å². The molecule has 0 aromatic heterocycles. The standard InChI is InChI=1S/C34H46O2/c1-31(2,3)24-17-22(18-25(29(24)35)32(4,5)6)28(21-15-13-14-16-21)23-19-26(33(7,8)9)30(36)27(20-23)34(10,11)12/h13-21,35H,1-12H3. The maximum Gasteiger partial charge on any atom is 0.186 e. The van der Waals surface area contributed by atoms with Crippen molar-refractivity contribution in [1.29, 1.82) is 0 Å². The summed E-state index contributed by atoms with van der Waals surface area (Å²) in [7, 11) is 0. The number of carbonyl (C=O) groups is 1. The molecule has 0 spiro atoms. The van der Waals surface area contributed by atoms with Crippen LogP contribution in [-0.2, 0) is 15.6 Å². The number of phenols is 1. The first-order valence-corrected chi connectivity index (χ1v) is 13.2. The van der Waals surface area contributed by atoms with Gasteiger partial charge in [0, 0.05) is 28.2 Å². The van der Waals surface area contributed by atoms with E-state index in [1.807, 2.05) is 0 Å². The zero-order chi connectivity index (χ0) is 27.4. The van der Waals surface area contributed by atoms with Gasteiger partial charge in [0.1, 0.15) is 5.75 Å². The van der Waals surface area contributed by atoms with Gasteiger partial charge in [-0.3, -0.25) is 4.79 Å². The monoisotopic (exact) mass is 486 g/mol. The Balaban J connectivity index is 2.50. The summed E-state index contributed by atoms with van der Waals surface area (Å²) in [4.78, 5) is 13.6. The van der Waals surface area contributed by atoms with Gasteiger partial charge in [0.2, 0.25) is 0 Å². The average molecular weight is 487 g/mol. The third-order valence-electron chi connectivity index (χ3n) is 7.13. The van der Waals surface area contributed by atoms with E-state index in [0.717, 1.165) is 33.4 Å². The summed E-state index contributed by atoms with van der Waals surface area (Å²) in [5.41, 5.74) is 5.94. The minimum absolute atomic E-state index is 0.0910. The Hall–Kier alpha value is -2.61. The number of hydrogen-bond acceptors (Lipinski definition) is 2. The van der Waals surface area contributed by atoms with Gasteiger partial charge < -0.3 is 5.11 Å². The molecular weight excluding hydrogens is 440 g/mol. The van der Waals surface area contributed by atoms with Gasteiger partial charge in [0.05, 0.1) is 0 Å². The Kier molecular flexibility index (Phi) is 7.03. The van der Waals surface area contributed by atoms with Crippen molar-refractivity contribution in [3.8, 4) is 5.75 Å². The summed E-state index contributed by atoms with van der Waals surface area (Å²) in [6, 6.07) is 4.33. The van der Waals surface area contributed by atoms with Gasteiger partial charge in [-0.1, -0.05) is 107 Å². The molecule has 36 heavy (non-hydrogen) atoms. The molecule has 0 fully saturated rings. The highest BCUT2D eigenvalue weighted by molar-refractivity contribution is 6.12. The Morgan fingerprint density at radius 2 is 1.06 bits per heavy atom. The molecule has 194 valence electrons. The molecule has 1 aromatic rings. The maximum atomic E-state index is 13.6. The van der Waals surface area contributed by atoms with Crippen LogP contribution in [0.5, 0.6) is 5.75 Å². The SMILES string of the molecule is CC(C)(C)C1=CC(=C(c2cc(C(C)(C)C)c(O)c(C(C)(C)C)c2)C2C=CC=C2)C=C(C(C)(C)C)C1=O. The highest BCUT2D eigenvalue weighted by Gasteiger charge is 2.36. The zero-order valence-electron chi connectivity index (χ0n) is 24.6. The molecule has 0 atom stereocenters. The first kappa shape index (κ1) is 28.0. The number of Topliss-reactive ketones (excluding diaryl/α,β-unsaturated/α-hetero) is 1. The van der Waals surface area contributed by atoms with E-state index in [0.29, 0.717) is 5.75 Å². The molecule has 0 heterocycles. The summed E-state index contributed by atoms with van der Waals surface area (Å²) in [5.74, 6) is 0.622. The van der Waals surface area contributed by atoms with E-state index in [4.69, 9.17) is 0 Å². The molecule has 2 heteroatoms. The van der Waals surface area contributed by atoms with Crippen LogP contribution in [0.15, 0.2) is 65.3 Å². The van der Waals surface area contributed by atoms with E-state index in [-0.39, 0.29) is 33.4 Å². The summed E-state index contributed by atoms with van der Waals surface area (Å²) in [6.07, 6.45) is 12.9. The Morgan fingerprint density at radius 3 is 1.39 bits per heavy atom. The number of carbonyl (C=O) groups excluding carboxylic acids is 1. The fraction of sp³-hybridized carbons (Fsp3) is 0.500. The Bertz CT molecular complexity index is 1130. The smallest absolute Gasteiger partial charge is 0.186 e. The lowest BCUT2D eigenvalue weighted by Crippen LogP contribution is -2.28. The number of benzene rings is 1. The van der Waals surface area contributed by atoms with E-state index in [1.165, 1.54) is 5.57 Å². The van der Waals surface area contributed by atoms with Crippen molar-refractivity contribution in [2.75, 3.05) is 0 Å². The third-order valence-corrected chi connectivity index (χ3v) is 7.13. The average Bonchev–Trinajstić information content (AvgIpc) is 3.20. The van der Waals surface area contributed by atoms with Gasteiger partial charge in [-0.15, -0.1) is 0 Å². The summed E-state index contributed by atoms with van der Waals surface area (Å²) < 4.78 is 0. The molecule has 0 aliphatic heterocycles. The summed E-state index contributed by atoms with van der Waals surface area (Å²) in [6.45, 7) is 25.6. The van der Waals surface area contributed by atoms with Crippen LogP contribution in [-0.4, -0.2) is 10.9 Å². The molecule has 1 aromatic carbocycles. The topological polar surface area (TPSA) is 37.3 Å². The molecular formula is C34H46O2. The van der Waals surface area contributed by atoms with E-state index >= 15 is 0 Å². The van der Waals surface area contributed by atoms with Crippen LogP contribution in [0, 0.1) is 16.7 Å². The predicted molar refractivity (Wildman–Crippen MR) is 154 cm³/mol. The Morgan fingerprint density at radius 1 is 0.667 bits per heavy atom. The maximum absolute atomic E-state index is 13.6. The van der Waals surface area contributed by atoms with E-state index in [1.54, 1.807) is 0 Å². The minimum atomic E-state index is -0.276. The molecule has 0 amide bonds. The minimum Gasteiger partial charge on any atom is -0.507 e. The predicted octanol–water partition coefficient (Wildman–Crippen LogP) is 9.01. The molecule has 0 bridgehead atoms. The van der Waals surface area contributed by atoms with E-state index < -0.39 is 0 Å². The molecule has 3 rings (SSSR count). The second kappa shape index (κ2) is 9.05. The van der Waals surface area contributed by atoms with Gasteiger partial charge >= 0.3 is 0 Å². The molecule has 2 nitrogen and oxygen atoms in total. The van der Waals surface area contributed by atoms with Crippen molar-refractivity contribution in [2.24, 2.45) is 16.7 Å². The van der Waals surface area contributed by atoms with Crippen molar-refractivity contribution < 1.29 is 9.90 Å². The first-order chi connectivity index (χ1) is 16.2. The first-order valence-electron chi connectivity index (χ1n) is 13.2. The van der Waals surface area contributed by atoms with Crippen molar-refractivity contribution in [1.82, 2.24) is 0 Å². The van der Waals surface area contributed by atoms with Gasteiger partial charge in [-0.2, -0.15) is 0 Å². The van der Waals surface area contributed by atoms with E-state index in [9.17, 15) is 9.90 Å². The Labute approximate surface area is 219 Å². The highest BCUT2D eigenvalue weighted by Crippen LogP contribution is 2.46. The lowest BCUT2D eigenvalue weighted by molar-refractivity contribution is -0.114. The van der Waals surface area contributed by atoms with Crippen LogP contribution in [0.1, 0.15) is 99.8 Å². The van der Waals surface area contributed by atoms with Gasteiger partial charge in [-0.05, 0) is 62.7 Å². The van der Waals surface area contributed by atoms with Crippen molar-refractivity contribution in [2.45, 2.75) is 93.9 Å². The lowest BCUT2D eigenvalue weighted by Gasteiger charge is -2.33. The fourth-order valence-electron chi connectivity index (χ4n) is 5.01. The van der Waals surface area contributed by atoms with Crippen LogP contribution in [0.25, 0.3) is 5.57 Å². The van der Waals surface area contributed by atoms with Gasteiger partial charge in [-0.25, -0.2) is 0 Å². The number of ketones is 1. The van der Waals surface area contributed by atoms with Crippen LogP contribution in [0.4, 0.5) is 0 Å². The van der Waals surface area contributed by atoms with Crippen molar-refractivity contribution in [3.63, 3.8) is 0 Å². The molecule has 2 aliphatic carbocycles. The summed E-state index contributed by atoms with van der Waals surface area (Å²) >= 11 is 0. The number of phenolic OH excluding ortho intramolecular Hbond substituents is 1. The molecule has 1 N–H and O–H groups in total. The largest absolute Gasteiger partial charge is 0.507 e. The molecule has 2 aliphatic rings. The molecule has 0 saturated carbocycles. The highest BCUT2D eigenvalue weighted by atomic mass is 16.3. The lowest BCUT2D eigenvalue weighted by atomic mass is 9.70. The van der Waals surface area contributed by atoms with Crippen molar-refractivity contribution >= 4 is 11.4 Å². The van der Waals surface area contributed by atoms with Crippen LogP contribution < -0.4 is 0 Å².